The molecule has 1 fully saturated rings. The van der Waals surface area contributed by atoms with Crippen molar-refractivity contribution in [2.75, 3.05) is 18.1 Å². The lowest BCUT2D eigenvalue weighted by Gasteiger charge is -2.26. The summed E-state index contributed by atoms with van der Waals surface area (Å²) in [6.07, 6.45) is 5.67. The molecule has 1 atom stereocenters. The van der Waals surface area contributed by atoms with Crippen molar-refractivity contribution in [2.24, 2.45) is 0 Å². The largest absolute Gasteiger partial charge is 0.394 e. The zero-order valence-electron chi connectivity index (χ0n) is 12.8. The summed E-state index contributed by atoms with van der Waals surface area (Å²) >= 11 is 0. The number of benzene rings is 1. The van der Waals surface area contributed by atoms with Crippen LogP contribution in [0.25, 0.3) is 11.0 Å². The summed E-state index contributed by atoms with van der Waals surface area (Å²) in [7, 11) is 0. The third-order valence-corrected chi connectivity index (χ3v) is 4.43. The van der Waals surface area contributed by atoms with E-state index in [2.05, 4.69) is 44.2 Å². The molecule has 3 heterocycles. The first-order valence-corrected chi connectivity index (χ1v) is 7.97. The average molecular weight is 309 g/mol. The van der Waals surface area contributed by atoms with Crippen LogP contribution in [0.2, 0.25) is 0 Å². The molecule has 3 aromatic rings. The van der Waals surface area contributed by atoms with Crippen molar-refractivity contribution in [2.45, 2.75) is 25.4 Å². The Bertz CT molecular complexity index is 801. The Morgan fingerprint density at radius 3 is 2.87 bits per heavy atom. The maximum Gasteiger partial charge on any atom is 0.163 e. The van der Waals surface area contributed by atoms with Crippen LogP contribution in [0.5, 0.6) is 0 Å². The van der Waals surface area contributed by atoms with Crippen molar-refractivity contribution in [1.82, 2.24) is 19.7 Å². The van der Waals surface area contributed by atoms with Crippen LogP contribution >= 0.6 is 0 Å². The molecular weight excluding hydrogens is 290 g/mol. The summed E-state index contributed by atoms with van der Waals surface area (Å²) in [5.41, 5.74) is 2.10. The number of aliphatic hydroxyl groups excluding tert-OH is 1. The summed E-state index contributed by atoms with van der Waals surface area (Å²) in [6, 6.07) is 10.9. The smallest absolute Gasteiger partial charge is 0.163 e. The summed E-state index contributed by atoms with van der Waals surface area (Å²) < 4.78 is 1.73. The molecule has 0 amide bonds. The Kier molecular flexibility index (Phi) is 3.67. The highest BCUT2D eigenvalue weighted by molar-refractivity contribution is 5.87. The van der Waals surface area contributed by atoms with Gasteiger partial charge in [-0.1, -0.05) is 30.3 Å². The van der Waals surface area contributed by atoms with Crippen molar-refractivity contribution in [3.05, 3.63) is 48.4 Å². The zero-order valence-corrected chi connectivity index (χ0v) is 12.8. The Morgan fingerprint density at radius 1 is 1.17 bits per heavy atom. The van der Waals surface area contributed by atoms with Crippen LogP contribution in [-0.4, -0.2) is 38.0 Å². The van der Waals surface area contributed by atoms with Crippen LogP contribution < -0.4 is 4.90 Å². The van der Waals surface area contributed by atoms with E-state index in [1.165, 1.54) is 5.56 Å². The SMILES string of the molecule is OCCn1ncc2c(N3CCC[C@H]3c3ccccc3)ncnc21. The molecule has 0 unspecified atom stereocenters. The van der Waals surface area contributed by atoms with Gasteiger partial charge in [0.2, 0.25) is 0 Å². The van der Waals surface area contributed by atoms with Crippen molar-refractivity contribution < 1.29 is 5.11 Å². The van der Waals surface area contributed by atoms with Crippen LogP contribution in [0.1, 0.15) is 24.4 Å². The third kappa shape index (κ3) is 2.45. The van der Waals surface area contributed by atoms with Gasteiger partial charge in [-0.3, -0.25) is 0 Å². The number of rotatable bonds is 4. The summed E-state index contributed by atoms with van der Waals surface area (Å²) in [6.45, 7) is 1.48. The molecule has 0 bridgehead atoms. The molecule has 1 saturated heterocycles. The lowest BCUT2D eigenvalue weighted by atomic mass is 10.0. The molecular formula is C17H19N5O. The second-order valence-electron chi connectivity index (χ2n) is 5.79. The van der Waals surface area contributed by atoms with E-state index in [1.54, 1.807) is 17.2 Å². The first kappa shape index (κ1) is 14.1. The monoisotopic (exact) mass is 309 g/mol. The highest BCUT2D eigenvalue weighted by Gasteiger charge is 2.28. The molecule has 0 aliphatic carbocycles. The maximum absolute atomic E-state index is 9.15. The first-order chi connectivity index (χ1) is 11.4. The van der Waals surface area contributed by atoms with Crippen molar-refractivity contribution >= 4 is 16.9 Å². The van der Waals surface area contributed by atoms with Gasteiger partial charge >= 0.3 is 0 Å². The van der Waals surface area contributed by atoms with Crippen LogP contribution in [0.15, 0.2) is 42.9 Å². The third-order valence-electron chi connectivity index (χ3n) is 4.43. The van der Waals surface area contributed by atoms with E-state index in [0.29, 0.717) is 12.6 Å². The summed E-state index contributed by atoms with van der Waals surface area (Å²) in [5.74, 6) is 0.936. The second kappa shape index (κ2) is 5.96. The minimum absolute atomic E-state index is 0.0481. The van der Waals surface area contributed by atoms with Crippen molar-refractivity contribution in [3.63, 3.8) is 0 Å². The molecule has 6 heteroatoms. The minimum Gasteiger partial charge on any atom is -0.394 e. The van der Waals surface area contributed by atoms with Gasteiger partial charge in [-0.25, -0.2) is 14.6 Å². The van der Waals surface area contributed by atoms with Crippen LogP contribution in [-0.2, 0) is 6.54 Å². The molecule has 2 aromatic heterocycles. The molecule has 1 aliphatic heterocycles. The number of anilines is 1. The zero-order chi connectivity index (χ0) is 15.6. The van der Waals surface area contributed by atoms with Gasteiger partial charge in [-0.05, 0) is 18.4 Å². The number of hydrogen-bond donors (Lipinski definition) is 1. The average Bonchev–Trinajstić information content (AvgIpc) is 3.23. The van der Waals surface area contributed by atoms with E-state index >= 15 is 0 Å². The highest BCUT2D eigenvalue weighted by Crippen LogP contribution is 2.37. The summed E-state index contributed by atoms with van der Waals surface area (Å²) in [5, 5.41) is 14.4. The molecule has 1 aliphatic rings. The van der Waals surface area contributed by atoms with Gasteiger partial charge in [0.25, 0.3) is 0 Å². The Hall–Kier alpha value is -2.47. The maximum atomic E-state index is 9.15. The van der Waals surface area contributed by atoms with Crippen molar-refractivity contribution in [3.8, 4) is 0 Å². The van der Waals surface area contributed by atoms with E-state index in [9.17, 15) is 0 Å². The topological polar surface area (TPSA) is 67.1 Å². The standard InChI is InChI=1S/C17H19N5O/c23-10-9-22-17-14(11-20-22)16(18-12-19-17)21-8-4-7-15(21)13-5-2-1-3-6-13/h1-3,5-6,11-12,15,23H,4,7-10H2/t15-/m0/s1. The quantitative estimate of drug-likeness (QED) is 0.800. The van der Waals surface area contributed by atoms with Crippen LogP contribution in [0, 0.1) is 0 Å². The lowest BCUT2D eigenvalue weighted by Crippen LogP contribution is -2.23. The molecule has 4 rings (SSSR count). The number of aliphatic hydroxyl groups is 1. The van der Waals surface area contributed by atoms with Crippen LogP contribution in [0.3, 0.4) is 0 Å². The van der Waals surface area contributed by atoms with Gasteiger partial charge in [0.15, 0.2) is 5.65 Å². The highest BCUT2D eigenvalue weighted by atomic mass is 16.3. The van der Waals surface area contributed by atoms with Gasteiger partial charge in [-0.2, -0.15) is 5.10 Å². The van der Waals surface area contributed by atoms with E-state index in [0.717, 1.165) is 36.2 Å². The molecule has 6 nitrogen and oxygen atoms in total. The fourth-order valence-corrected chi connectivity index (χ4v) is 3.41. The lowest BCUT2D eigenvalue weighted by molar-refractivity contribution is 0.271. The molecule has 23 heavy (non-hydrogen) atoms. The first-order valence-electron chi connectivity index (χ1n) is 7.97. The number of aromatic nitrogens is 4. The normalized spacial score (nSPS) is 18.0. The molecule has 1 aromatic carbocycles. The fraction of sp³-hybridized carbons (Fsp3) is 0.353. The molecule has 1 N–H and O–H groups in total. The van der Waals surface area contributed by atoms with E-state index in [1.807, 2.05) is 6.07 Å². The molecule has 0 radical (unpaired) electrons. The number of hydrogen-bond acceptors (Lipinski definition) is 5. The molecule has 0 spiro atoms. The predicted octanol–water partition coefficient (Wildman–Crippen LogP) is 2.16. The Morgan fingerprint density at radius 2 is 2.04 bits per heavy atom. The van der Waals surface area contributed by atoms with Gasteiger partial charge < -0.3 is 10.0 Å². The summed E-state index contributed by atoms with van der Waals surface area (Å²) in [4.78, 5) is 11.2. The van der Waals surface area contributed by atoms with E-state index in [4.69, 9.17) is 5.11 Å². The Labute approximate surface area is 134 Å². The number of fused-ring (bicyclic) bond motifs is 1. The molecule has 0 saturated carbocycles. The second-order valence-corrected chi connectivity index (χ2v) is 5.79. The number of nitrogens with zero attached hydrogens (tertiary/aromatic N) is 5. The Balaban J connectivity index is 1.76. The van der Waals surface area contributed by atoms with Gasteiger partial charge in [0.05, 0.1) is 30.8 Å². The van der Waals surface area contributed by atoms with Crippen molar-refractivity contribution in [1.29, 1.82) is 0 Å². The molecule has 118 valence electrons. The van der Waals surface area contributed by atoms with E-state index < -0.39 is 0 Å². The predicted molar refractivity (Wildman–Crippen MR) is 88.2 cm³/mol. The van der Waals surface area contributed by atoms with Crippen LogP contribution in [0.4, 0.5) is 5.82 Å². The van der Waals surface area contributed by atoms with E-state index in [-0.39, 0.29) is 6.61 Å². The minimum atomic E-state index is 0.0481. The van der Waals surface area contributed by atoms with Gasteiger partial charge in [-0.15, -0.1) is 0 Å². The fourth-order valence-electron chi connectivity index (χ4n) is 3.41. The van der Waals surface area contributed by atoms with Gasteiger partial charge in [0, 0.05) is 6.54 Å². The van der Waals surface area contributed by atoms with Gasteiger partial charge in [0.1, 0.15) is 12.1 Å².